The fraction of sp³-hybridized carbons (Fsp3) is 0.906. The summed E-state index contributed by atoms with van der Waals surface area (Å²) in [4.78, 5) is 38.2. The van der Waals surface area contributed by atoms with Crippen molar-refractivity contribution in [1.29, 1.82) is 0 Å². The molecule has 0 saturated heterocycles. The van der Waals surface area contributed by atoms with E-state index in [1.807, 2.05) is 6.92 Å². The second-order valence-electron chi connectivity index (χ2n) is 14.1. The van der Waals surface area contributed by atoms with Crippen molar-refractivity contribution in [2.24, 2.45) is 58.2 Å². The molecular weight excluding hydrogens is 496 g/mol. The van der Waals surface area contributed by atoms with Crippen molar-refractivity contribution >= 4 is 17.7 Å². The van der Waals surface area contributed by atoms with Gasteiger partial charge in [0.25, 0.3) is 0 Å². The first-order chi connectivity index (χ1) is 19.3. The monoisotopic (exact) mass is 551 g/mol. The fourth-order valence-electron chi connectivity index (χ4n) is 9.82. The van der Waals surface area contributed by atoms with E-state index in [9.17, 15) is 24.6 Å². The molecule has 0 radical (unpaired) electrons. The Bertz CT molecular complexity index is 1050. The summed E-state index contributed by atoms with van der Waals surface area (Å²) in [6.45, 7) is 10.2. The van der Waals surface area contributed by atoms with E-state index >= 15 is 0 Å². The van der Waals surface area contributed by atoms with E-state index < -0.39 is 55.0 Å². The van der Waals surface area contributed by atoms with Gasteiger partial charge in [0, 0.05) is 36.2 Å². The Morgan fingerprint density at radius 1 is 0.949 bits per heavy atom. The molecule has 0 aromatic heterocycles. The maximum Gasteiger partial charge on any atom is 0.303 e. The van der Waals surface area contributed by atoms with E-state index in [1.54, 1.807) is 13.8 Å². The van der Waals surface area contributed by atoms with Gasteiger partial charge in [0.2, 0.25) is 0 Å². The van der Waals surface area contributed by atoms with Crippen molar-refractivity contribution in [1.82, 2.24) is 0 Å². The average Bonchev–Trinajstić information content (AvgIpc) is 3.23. The lowest BCUT2D eigenvalue weighted by molar-refractivity contribution is -0.184. The number of ether oxygens (including phenoxy) is 2. The molecule has 0 aromatic carbocycles. The summed E-state index contributed by atoms with van der Waals surface area (Å²) in [6, 6.07) is 0. The Balaban J connectivity index is 1.64. The van der Waals surface area contributed by atoms with Gasteiger partial charge in [0.1, 0.15) is 18.0 Å². The highest BCUT2D eigenvalue weighted by Crippen LogP contribution is 2.68. The van der Waals surface area contributed by atoms with E-state index in [0.29, 0.717) is 19.3 Å². The summed E-state index contributed by atoms with van der Waals surface area (Å²) in [5.74, 6) is -1.82. The topological polar surface area (TPSA) is 110 Å². The lowest BCUT2D eigenvalue weighted by atomic mass is 9.44. The molecule has 39 heavy (non-hydrogen) atoms. The summed E-state index contributed by atoms with van der Waals surface area (Å²) in [6.07, 6.45) is 1.51. The van der Waals surface area contributed by atoms with Crippen molar-refractivity contribution in [3.63, 3.8) is 0 Å². The van der Waals surface area contributed by atoms with Gasteiger partial charge in [-0.2, -0.15) is 0 Å². The zero-order valence-electron chi connectivity index (χ0n) is 27.8. The van der Waals surface area contributed by atoms with Gasteiger partial charge in [-0.25, -0.2) is 0 Å². The zero-order chi connectivity index (χ0) is 31.5. The van der Waals surface area contributed by atoms with E-state index in [4.69, 9.17) is 13.6 Å². The van der Waals surface area contributed by atoms with Crippen LogP contribution in [0, 0.1) is 58.2 Å². The van der Waals surface area contributed by atoms with Gasteiger partial charge < -0.3 is 19.7 Å². The normalized spacial score (nSPS) is 45.1. The van der Waals surface area contributed by atoms with Crippen LogP contribution in [-0.4, -0.2) is 52.4 Å². The molecule has 7 heteroatoms. The molecule has 222 valence electrons. The number of carbonyl (C=O) groups is 3. The minimum absolute atomic E-state index is 0.112. The molecule has 14 atom stereocenters. The number of aliphatic hydroxyl groups is 2. The summed E-state index contributed by atoms with van der Waals surface area (Å²) < 4.78 is 35.7. The second-order valence-corrected chi connectivity index (χ2v) is 14.1. The molecule has 0 aliphatic heterocycles. The minimum Gasteiger partial charge on any atom is -0.458 e. The third-order valence-electron chi connectivity index (χ3n) is 11.9. The van der Waals surface area contributed by atoms with Crippen LogP contribution in [0.3, 0.4) is 0 Å². The molecule has 4 aliphatic rings. The lowest BCUT2D eigenvalue weighted by Gasteiger charge is -2.61. The van der Waals surface area contributed by atoms with Gasteiger partial charge in [-0.3, -0.25) is 14.4 Å². The third kappa shape index (κ3) is 5.31. The summed E-state index contributed by atoms with van der Waals surface area (Å²) >= 11 is 0. The highest BCUT2D eigenvalue weighted by Gasteiger charge is 2.64. The molecule has 0 heterocycles. The molecule has 0 aromatic rings. The van der Waals surface area contributed by atoms with Crippen molar-refractivity contribution in [2.45, 2.75) is 125 Å². The van der Waals surface area contributed by atoms with Crippen LogP contribution >= 0.6 is 0 Å². The predicted molar refractivity (Wildman–Crippen MR) is 147 cm³/mol. The van der Waals surface area contributed by atoms with E-state index in [1.165, 1.54) is 13.8 Å². The Labute approximate surface area is 239 Å². The molecule has 4 aliphatic carbocycles. The van der Waals surface area contributed by atoms with Gasteiger partial charge in [0.05, 0.1) is 12.2 Å². The van der Waals surface area contributed by atoms with Gasteiger partial charge in [-0.05, 0) is 84.9 Å². The van der Waals surface area contributed by atoms with E-state index in [2.05, 4.69) is 13.8 Å². The molecule has 4 saturated carbocycles. The number of aliphatic hydroxyl groups excluding tert-OH is 2. The van der Waals surface area contributed by atoms with Crippen LogP contribution < -0.4 is 0 Å². The van der Waals surface area contributed by atoms with Crippen LogP contribution in [-0.2, 0) is 23.9 Å². The molecule has 4 fully saturated rings. The van der Waals surface area contributed by atoms with E-state index in [0.717, 1.165) is 25.7 Å². The Hall–Kier alpha value is -1.47. The maximum absolute atomic E-state index is 13.5. The zero-order valence-corrected chi connectivity index (χ0v) is 24.8. The number of hydrogen-bond donors (Lipinski definition) is 2. The summed E-state index contributed by atoms with van der Waals surface area (Å²) in [5, 5.41) is 21.0. The van der Waals surface area contributed by atoms with Crippen LogP contribution in [0.1, 0.15) is 104 Å². The molecule has 2 N–H and O–H groups in total. The quantitative estimate of drug-likeness (QED) is 0.431. The van der Waals surface area contributed by atoms with E-state index in [-0.39, 0.29) is 52.1 Å². The number of hydrogen-bond acceptors (Lipinski definition) is 7. The first-order valence-corrected chi connectivity index (χ1v) is 15.1. The van der Waals surface area contributed by atoms with Crippen LogP contribution in [0.15, 0.2) is 0 Å². The summed E-state index contributed by atoms with van der Waals surface area (Å²) in [7, 11) is 0. The SMILES string of the molecule is [2H]C([2H])([2H])C(C)[C@@H](C)[C@@H](OC(C)=O)[C@H](OC(C)=O)[C@@H](C)[C@H]1CC[C@H]2[C@@H]3CC(=O)[C@H]4C[C@H](O)[C@H](O)C[C@]4(C)[C@H]3CC[C@]12C. The number of esters is 2. The molecule has 0 bridgehead atoms. The van der Waals surface area contributed by atoms with Crippen molar-refractivity contribution in [2.75, 3.05) is 0 Å². The first kappa shape index (κ1) is 26.4. The van der Waals surface area contributed by atoms with Gasteiger partial charge in [0.15, 0.2) is 0 Å². The Morgan fingerprint density at radius 2 is 1.56 bits per heavy atom. The van der Waals surface area contributed by atoms with Crippen molar-refractivity contribution in [3.8, 4) is 0 Å². The molecule has 4 rings (SSSR count). The number of Topliss-reactive ketones (excluding diaryl/α,β-unsaturated/α-hetero) is 1. The summed E-state index contributed by atoms with van der Waals surface area (Å²) in [5.41, 5.74) is -0.486. The highest BCUT2D eigenvalue weighted by molar-refractivity contribution is 5.83. The van der Waals surface area contributed by atoms with Gasteiger partial charge in [-0.1, -0.05) is 41.5 Å². The Morgan fingerprint density at radius 3 is 2.18 bits per heavy atom. The Kier molecular flexibility index (Phi) is 7.51. The average molecular weight is 552 g/mol. The van der Waals surface area contributed by atoms with Crippen molar-refractivity contribution in [3.05, 3.63) is 0 Å². The van der Waals surface area contributed by atoms with Crippen LogP contribution in [0.25, 0.3) is 0 Å². The second kappa shape index (κ2) is 11.1. The predicted octanol–water partition coefficient (Wildman–Crippen LogP) is 4.95. The maximum atomic E-state index is 13.5. The minimum atomic E-state index is -2.27. The lowest BCUT2D eigenvalue weighted by Crippen LogP contribution is -2.59. The number of rotatable bonds is 7. The molecule has 7 nitrogen and oxygen atoms in total. The first-order valence-electron chi connectivity index (χ1n) is 16.6. The molecular formula is C32H52O7. The number of carbonyl (C=O) groups excluding carboxylic acids is 3. The smallest absolute Gasteiger partial charge is 0.303 e. The van der Waals surface area contributed by atoms with Crippen molar-refractivity contribution < 1.29 is 38.2 Å². The number of ketones is 1. The standard InChI is InChI=1S/C32H52O7/c1-16(2)17(3)29(38-19(5)33)30(39-20(6)34)18(4)22-9-10-23-21-13-26(35)25-14-27(36)28(37)15-32(25,8)24(21)11-12-31(22,23)7/h16-18,21-25,27-30,36-37H,9-15H2,1-8H3/t17-,18+,21+,22-,23+,24+,25-,27+,28-,29-,30-,31-,32-/m1/s1/i1D3/t16?,17-,18+,21+,22-,23+,24+,25-,27+,28-,29-,30-,31-,32-. The molecule has 1 unspecified atom stereocenters. The third-order valence-corrected chi connectivity index (χ3v) is 11.9. The van der Waals surface area contributed by atoms with Gasteiger partial charge in [-0.15, -0.1) is 0 Å². The van der Waals surface area contributed by atoms with Crippen LogP contribution in [0.4, 0.5) is 0 Å². The van der Waals surface area contributed by atoms with Crippen LogP contribution in [0.2, 0.25) is 0 Å². The van der Waals surface area contributed by atoms with Crippen LogP contribution in [0.5, 0.6) is 0 Å². The largest absolute Gasteiger partial charge is 0.458 e. The number of fused-ring (bicyclic) bond motifs is 5. The highest BCUT2D eigenvalue weighted by atomic mass is 16.6. The van der Waals surface area contributed by atoms with Gasteiger partial charge >= 0.3 is 11.9 Å². The molecule has 0 amide bonds. The fourth-order valence-corrected chi connectivity index (χ4v) is 9.82. The molecule has 0 spiro atoms.